The van der Waals surface area contributed by atoms with Crippen LogP contribution in [0.25, 0.3) is 43.6 Å². The number of para-hydroxylation sites is 2. The molecule has 166 valence electrons. The van der Waals surface area contributed by atoms with E-state index in [0.29, 0.717) is 29.6 Å². The molecule has 7 nitrogen and oxygen atoms in total. The van der Waals surface area contributed by atoms with E-state index in [1.165, 1.54) is 0 Å². The first kappa shape index (κ1) is 20.0. The van der Waals surface area contributed by atoms with Gasteiger partial charge in [0.2, 0.25) is 0 Å². The lowest BCUT2D eigenvalue weighted by Crippen LogP contribution is -2.29. The number of carbonyl (C=O) groups excluding carboxylic acids is 2. The Kier molecular flexibility index (Phi) is 4.18. The number of aliphatic hydroxyl groups excluding tert-OH is 1. The maximum atomic E-state index is 13.0. The quantitative estimate of drug-likeness (QED) is 0.340. The van der Waals surface area contributed by atoms with Crippen molar-refractivity contribution in [3.05, 3.63) is 59.7 Å². The monoisotopic (exact) mass is 441 g/mol. The zero-order chi connectivity index (χ0) is 23.0. The lowest BCUT2D eigenvalue weighted by Gasteiger charge is -2.18. The fourth-order valence-corrected chi connectivity index (χ4v) is 5.45. The first-order valence-corrected chi connectivity index (χ1v) is 10.9. The predicted molar refractivity (Wildman–Crippen MR) is 128 cm³/mol. The Labute approximate surface area is 189 Å². The van der Waals surface area contributed by atoms with Crippen LogP contribution in [0.1, 0.15) is 20.7 Å². The highest BCUT2D eigenvalue weighted by Crippen LogP contribution is 2.45. The van der Waals surface area contributed by atoms with Crippen LogP contribution in [-0.2, 0) is 18.3 Å². The summed E-state index contributed by atoms with van der Waals surface area (Å²) < 4.78 is 9.29. The molecule has 3 heterocycles. The van der Waals surface area contributed by atoms with E-state index in [1.54, 1.807) is 0 Å². The maximum Gasteiger partial charge on any atom is 0.347 e. The minimum absolute atomic E-state index is 0.316. The number of rotatable bonds is 4. The summed E-state index contributed by atoms with van der Waals surface area (Å²) >= 11 is 0. The SMILES string of the molecule is CN(C)CC(O)Cn1c2ccccc2c2c3c(c4c5ccccc5n(C)c4c21)C(=O)OC3=O. The van der Waals surface area contributed by atoms with Crippen LogP contribution in [0, 0.1) is 0 Å². The van der Waals surface area contributed by atoms with Crippen LogP contribution in [-0.4, -0.2) is 57.8 Å². The van der Waals surface area contributed by atoms with E-state index < -0.39 is 18.0 Å². The van der Waals surface area contributed by atoms with Crippen LogP contribution >= 0.6 is 0 Å². The molecule has 0 spiro atoms. The van der Waals surface area contributed by atoms with Gasteiger partial charge in [-0.25, -0.2) is 9.59 Å². The van der Waals surface area contributed by atoms with Gasteiger partial charge >= 0.3 is 11.9 Å². The molecule has 0 saturated carbocycles. The summed E-state index contributed by atoms with van der Waals surface area (Å²) in [5.74, 6) is -1.23. The predicted octanol–water partition coefficient (Wildman–Crippen LogP) is 3.67. The Bertz CT molecular complexity index is 1640. The molecule has 1 unspecified atom stereocenters. The number of hydrogen-bond donors (Lipinski definition) is 1. The highest BCUT2D eigenvalue weighted by atomic mass is 16.6. The third kappa shape index (κ3) is 2.63. The van der Waals surface area contributed by atoms with Gasteiger partial charge in [-0.3, -0.25) is 0 Å². The molecule has 1 N–H and O–H groups in total. The topological polar surface area (TPSA) is 76.7 Å². The largest absolute Gasteiger partial charge is 0.390 e. The summed E-state index contributed by atoms with van der Waals surface area (Å²) in [5.41, 5.74) is 4.18. The van der Waals surface area contributed by atoms with E-state index in [0.717, 1.165) is 38.2 Å². The molecule has 1 aliphatic heterocycles. The Hall–Kier alpha value is -3.68. The standard InChI is InChI=1S/C26H23N3O4/c1-27(2)12-14(30)13-29-18-11-7-5-9-16(18)20-22-21(25(31)33-26(22)32)19-15-8-4-6-10-17(15)28(3)23(19)24(20)29/h4-11,14,30H,12-13H2,1-3H3. The van der Waals surface area contributed by atoms with Gasteiger partial charge < -0.3 is 23.9 Å². The molecule has 7 heteroatoms. The highest BCUT2D eigenvalue weighted by Gasteiger charge is 2.38. The van der Waals surface area contributed by atoms with E-state index in [9.17, 15) is 14.7 Å². The van der Waals surface area contributed by atoms with Crippen molar-refractivity contribution in [3.63, 3.8) is 0 Å². The molecular formula is C26H23N3O4. The summed E-state index contributed by atoms with van der Waals surface area (Å²) in [6, 6.07) is 15.7. The molecule has 3 aromatic carbocycles. The molecule has 6 rings (SSSR count). The second kappa shape index (κ2) is 6.91. The molecule has 1 atom stereocenters. The average molecular weight is 441 g/mol. The van der Waals surface area contributed by atoms with Gasteiger partial charge in [0.1, 0.15) is 0 Å². The molecule has 2 aromatic heterocycles. The zero-order valence-corrected chi connectivity index (χ0v) is 18.6. The van der Waals surface area contributed by atoms with Crippen LogP contribution in [0.5, 0.6) is 0 Å². The summed E-state index contributed by atoms with van der Waals surface area (Å²) in [6.07, 6.45) is -0.620. The van der Waals surface area contributed by atoms with Crippen molar-refractivity contribution >= 4 is 55.6 Å². The normalized spacial score (nSPS) is 14.8. The van der Waals surface area contributed by atoms with E-state index in [-0.39, 0.29) is 0 Å². The van der Waals surface area contributed by atoms with Gasteiger partial charge in [0, 0.05) is 46.2 Å². The summed E-state index contributed by atoms with van der Waals surface area (Å²) in [6.45, 7) is 0.846. The first-order valence-electron chi connectivity index (χ1n) is 10.9. The van der Waals surface area contributed by atoms with Crippen molar-refractivity contribution in [2.24, 2.45) is 7.05 Å². The van der Waals surface area contributed by atoms with Crippen molar-refractivity contribution in [1.82, 2.24) is 14.0 Å². The van der Waals surface area contributed by atoms with Crippen LogP contribution in [0.2, 0.25) is 0 Å². The van der Waals surface area contributed by atoms with Crippen molar-refractivity contribution in [2.45, 2.75) is 12.6 Å². The number of aliphatic hydroxyl groups is 1. The van der Waals surface area contributed by atoms with Gasteiger partial charge in [0.05, 0.1) is 34.8 Å². The van der Waals surface area contributed by atoms with Crippen LogP contribution in [0.15, 0.2) is 48.5 Å². The van der Waals surface area contributed by atoms with Crippen LogP contribution in [0.3, 0.4) is 0 Å². The Morgan fingerprint density at radius 1 is 0.879 bits per heavy atom. The molecule has 0 bridgehead atoms. The number of aryl methyl sites for hydroxylation is 1. The van der Waals surface area contributed by atoms with E-state index in [2.05, 4.69) is 9.13 Å². The lowest BCUT2D eigenvalue weighted by atomic mass is 9.96. The molecule has 0 saturated heterocycles. The first-order chi connectivity index (χ1) is 15.9. The molecule has 0 fully saturated rings. The number of hydrogen-bond acceptors (Lipinski definition) is 5. The number of likely N-dealkylation sites (N-methyl/N-ethyl adjacent to an activating group) is 1. The molecular weight excluding hydrogens is 418 g/mol. The molecule has 0 amide bonds. The number of benzene rings is 3. The summed E-state index contributed by atoms with van der Waals surface area (Å²) in [7, 11) is 5.81. The summed E-state index contributed by atoms with van der Waals surface area (Å²) in [5, 5.41) is 14.0. The zero-order valence-electron chi connectivity index (χ0n) is 18.6. The third-order valence-electron chi connectivity index (χ3n) is 6.62. The molecule has 0 radical (unpaired) electrons. The molecule has 33 heavy (non-hydrogen) atoms. The number of cyclic esters (lactones) is 2. The number of fused-ring (bicyclic) bond motifs is 10. The fourth-order valence-electron chi connectivity index (χ4n) is 5.45. The van der Waals surface area contributed by atoms with E-state index >= 15 is 0 Å². The Balaban J connectivity index is 1.88. The van der Waals surface area contributed by atoms with Gasteiger partial charge in [-0.15, -0.1) is 0 Å². The van der Waals surface area contributed by atoms with Crippen LogP contribution in [0.4, 0.5) is 0 Å². The second-order valence-electron chi connectivity index (χ2n) is 8.99. The number of ether oxygens (including phenoxy) is 1. The molecule has 0 aliphatic carbocycles. The maximum absolute atomic E-state index is 13.0. The Morgan fingerprint density at radius 2 is 1.42 bits per heavy atom. The van der Waals surface area contributed by atoms with Crippen molar-refractivity contribution in [2.75, 3.05) is 20.6 Å². The number of nitrogens with zero attached hydrogens (tertiary/aromatic N) is 3. The minimum Gasteiger partial charge on any atom is -0.390 e. The Morgan fingerprint density at radius 3 is 2.06 bits per heavy atom. The number of aromatic nitrogens is 2. The van der Waals surface area contributed by atoms with Crippen LogP contribution < -0.4 is 0 Å². The summed E-state index contributed by atoms with van der Waals surface area (Å²) in [4.78, 5) is 27.8. The highest BCUT2D eigenvalue weighted by molar-refractivity contribution is 6.36. The van der Waals surface area contributed by atoms with Gasteiger partial charge in [-0.2, -0.15) is 0 Å². The van der Waals surface area contributed by atoms with Crippen molar-refractivity contribution in [1.29, 1.82) is 0 Å². The van der Waals surface area contributed by atoms with Gasteiger partial charge in [-0.1, -0.05) is 36.4 Å². The minimum atomic E-state index is -0.620. The number of carbonyl (C=O) groups is 2. The van der Waals surface area contributed by atoms with Gasteiger partial charge in [0.15, 0.2) is 0 Å². The molecule has 5 aromatic rings. The average Bonchev–Trinajstić information content (AvgIpc) is 3.36. The van der Waals surface area contributed by atoms with E-state index in [1.807, 2.05) is 74.6 Å². The smallest absolute Gasteiger partial charge is 0.347 e. The van der Waals surface area contributed by atoms with Crippen molar-refractivity contribution in [3.8, 4) is 0 Å². The number of esters is 2. The van der Waals surface area contributed by atoms with Gasteiger partial charge in [-0.05, 0) is 26.2 Å². The third-order valence-corrected chi connectivity index (χ3v) is 6.62. The fraction of sp³-hybridized carbons (Fsp3) is 0.231. The second-order valence-corrected chi connectivity index (χ2v) is 8.99. The van der Waals surface area contributed by atoms with Crippen molar-refractivity contribution < 1.29 is 19.4 Å². The van der Waals surface area contributed by atoms with E-state index in [4.69, 9.17) is 4.74 Å². The lowest BCUT2D eigenvalue weighted by molar-refractivity contribution is 0.0445. The van der Waals surface area contributed by atoms with Gasteiger partial charge in [0.25, 0.3) is 0 Å². The molecule has 1 aliphatic rings.